The van der Waals surface area contributed by atoms with Crippen LogP contribution in [0.2, 0.25) is 0 Å². The highest BCUT2D eigenvalue weighted by Crippen LogP contribution is 2.39. The number of nitrogens with zero attached hydrogens (tertiary/aromatic N) is 3. The topological polar surface area (TPSA) is 50.8 Å². The highest BCUT2D eigenvalue weighted by Gasteiger charge is 2.29. The quantitative estimate of drug-likeness (QED) is 0.734. The minimum absolute atomic E-state index is 0.111. The number of rotatable bonds is 1. The molecule has 21 heavy (non-hydrogen) atoms. The fourth-order valence-corrected chi connectivity index (χ4v) is 2.54. The number of hydrogen-bond donors (Lipinski definition) is 0. The van der Waals surface area contributed by atoms with E-state index in [1.165, 1.54) is 12.1 Å². The molecule has 1 aromatic carbocycles. The first-order chi connectivity index (χ1) is 9.80. The number of benzene rings is 1. The van der Waals surface area contributed by atoms with E-state index in [4.69, 9.17) is 10.5 Å². The Labute approximate surface area is 124 Å². The van der Waals surface area contributed by atoms with Crippen LogP contribution in [0.1, 0.15) is 31.9 Å². The second-order valence-corrected chi connectivity index (χ2v) is 5.71. The van der Waals surface area contributed by atoms with Gasteiger partial charge in [-0.25, -0.2) is 4.39 Å². The number of anilines is 1. The van der Waals surface area contributed by atoms with Crippen LogP contribution in [-0.2, 0) is 0 Å². The van der Waals surface area contributed by atoms with E-state index in [9.17, 15) is 4.39 Å². The summed E-state index contributed by atoms with van der Waals surface area (Å²) >= 11 is 0. The van der Waals surface area contributed by atoms with Gasteiger partial charge in [-0.2, -0.15) is 10.5 Å². The molecule has 2 rings (SSSR count). The molecule has 3 nitrogen and oxygen atoms in total. The lowest BCUT2D eigenvalue weighted by molar-refractivity contribution is 0.588. The zero-order chi connectivity index (χ0) is 15.8. The largest absolute Gasteiger partial charge is 0.365 e. The molecule has 0 amide bonds. The van der Waals surface area contributed by atoms with E-state index >= 15 is 0 Å². The average Bonchev–Trinajstić information content (AvgIpc) is 2.43. The van der Waals surface area contributed by atoms with Gasteiger partial charge in [-0.15, -0.1) is 0 Å². The summed E-state index contributed by atoms with van der Waals surface area (Å²) in [6.07, 6.45) is 3.40. The SMILES string of the molecule is CC1=CC(C)(C)N(C)c2cc(F)c(C=C(C#N)C#N)cc21. The van der Waals surface area contributed by atoms with Crippen molar-refractivity contribution >= 4 is 17.3 Å². The maximum Gasteiger partial charge on any atom is 0.132 e. The van der Waals surface area contributed by atoms with Crippen LogP contribution >= 0.6 is 0 Å². The Hall–Kier alpha value is -2.59. The first-order valence-electron chi connectivity index (χ1n) is 6.59. The summed E-state index contributed by atoms with van der Waals surface area (Å²) in [6, 6.07) is 6.65. The number of hydrogen-bond acceptors (Lipinski definition) is 3. The van der Waals surface area contributed by atoms with Crippen LogP contribution in [0.5, 0.6) is 0 Å². The third kappa shape index (κ3) is 2.53. The van der Waals surface area contributed by atoms with Crippen molar-refractivity contribution in [1.82, 2.24) is 0 Å². The molecular formula is C17H16FN3. The molecule has 0 N–H and O–H groups in total. The lowest BCUT2D eigenvalue weighted by Crippen LogP contribution is -2.42. The Morgan fingerprint density at radius 1 is 1.29 bits per heavy atom. The summed E-state index contributed by atoms with van der Waals surface area (Å²) in [5.41, 5.74) is 2.74. The molecule has 4 heteroatoms. The van der Waals surface area contributed by atoms with Crippen molar-refractivity contribution in [2.75, 3.05) is 11.9 Å². The summed E-state index contributed by atoms with van der Waals surface area (Å²) in [4.78, 5) is 2.02. The summed E-state index contributed by atoms with van der Waals surface area (Å²) in [5.74, 6) is -0.436. The zero-order valence-corrected chi connectivity index (χ0v) is 12.5. The van der Waals surface area contributed by atoms with Crippen molar-refractivity contribution in [2.45, 2.75) is 26.3 Å². The van der Waals surface area contributed by atoms with E-state index in [2.05, 4.69) is 19.9 Å². The number of allylic oxidation sites excluding steroid dienone is 2. The van der Waals surface area contributed by atoms with E-state index in [1.54, 1.807) is 18.2 Å². The molecule has 0 aliphatic carbocycles. The van der Waals surface area contributed by atoms with Gasteiger partial charge < -0.3 is 4.90 Å². The van der Waals surface area contributed by atoms with E-state index in [-0.39, 0.29) is 16.7 Å². The molecule has 1 aliphatic heterocycles. The monoisotopic (exact) mass is 281 g/mol. The predicted octanol–water partition coefficient (Wildman–Crippen LogP) is 3.89. The molecule has 0 saturated carbocycles. The first-order valence-corrected chi connectivity index (χ1v) is 6.59. The van der Waals surface area contributed by atoms with E-state index in [0.29, 0.717) is 0 Å². The molecule has 0 atom stereocenters. The van der Waals surface area contributed by atoms with Crippen LogP contribution in [0.15, 0.2) is 23.8 Å². The lowest BCUT2D eigenvalue weighted by Gasteiger charge is -2.40. The predicted molar refractivity (Wildman–Crippen MR) is 81.7 cm³/mol. The Morgan fingerprint density at radius 2 is 1.90 bits per heavy atom. The molecular weight excluding hydrogens is 265 g/mol. The molecule has 1 heterocycles. The normalized spacial score (nSPS) is 15.4. The zero-order valence-electron chi connectivity index (χ0n) is 12.5. The van der Waals surface area contributed by atoms with Crippen molar-refractivity contribution in [3.05, 3.63) is 40.7 Å². The summed E-state index contributed by atoms with van der Waals surface area (Å²) < 4.78 is 14.3. The summed E-state index contributed by atoms with van der Waals surface area (Å²) in [5, 5.41) is 17.6. The van der Waals surface area contributed by atoms with Gasteiger partial charge in [-0.1, -0.05) is 6.08 Å². The van der Waals surface area contributed by atoms with E-state index in [0.717, 1.165) is 16.8 Å². The van der Waals surface area contributed by atoms with Gasteiger partial charge in [-0.3, -0.25) is 0 Å². The van der Waals surface area contributed by atoms with Crippen molar-refractivity contribution in [3.8, 4) is 12.1 Å². The molecule has 0 spiro atoms. The molecule has 0 bridgehead atoms. The maximum atomic E-state index is 14.3. The fraction of sp³-hybridized carbons (Fsp3) is 0.294. The molecule has 0 fully saturated rings. The van der Waals surface area contributed by atoms with Crippen molar-refractivity contribution < 1.29 is 4.39 Å². The smallest absolute Gasteiger partial charge is 0.132 e. The first kappa shape index (κ1) is 14.8. The number of nitriles is 2. The third-order valence-electron chi connectivity index (χ3n) is 3.88. The lowest BCUT2D eigenvalue weighted by atomic mass is 9.88. The molecule has 0 unspecified atom stereocenters. The Kier molecular flexibility index (Phi) is 3.58. The van der Waals surface area contributed by atoms with Crippen molar-refractivity contribution in [1.29, 1.82) is 10.5 Å². The van der Waals surface area contributed by atoms with Gasteiger partial charge in [0.15, 0.2) is 0 Å². The van der Waals surface area contributed by atoms with Crippen molar-refractivity contribution in [3.63, 3.8) is 0 Å². The van der Waals surface area contributed by atoms with Gasteiger partial charge in [0, 0.05) is 23.9 Å². The minimum atomic E-state index is -0.436. The second kappa shape index (κ2) is 5.07. The van der Waals surface area contributed by atoms with Crippen molar-refractivity contribution in [2.24, 2.45) is 0 Å². The van der Waals surface area contributed by atoms with Gasteiger partial charge in [0.05, 0.1) is 5.54 Å². The Bertz CT molecular complexity index is 727. The van der Waals surface area contributed by atoms with Gasteiger partial charge in [-0.05, 0) is 44.6 Å². The van der Waals surface area contributed by atoms with E-state index in [1.807, 2.05) is 18.9 Å². The Morgan fingerprint density at radius 3 is 2.48 bits per heavy atom. The summed E-state index contributed by atoms with van der Waals surface area (Å²) in [7, 11) is 1.92. The van der Waals surface area contributed by atoms with Crippen LogP contribution in [0.25, 0.3) is 11.6 Å². The Balaban J connectivity index is 2.65. The molecule has 0 radical (unpaired) electrons. The number of likely N-dealkylation sites (N-methyl/N-ethyl adjacent to an activating group) is 1. The van der Waals surface area contributed by atoms with Gasteiger partial charge in [0.1, 0.15) is 23.5 Å². The standard InChI is InChI=1S/C17H16FN3/c1-11-8-17(2,3)21(4)16-7-15(18)13(6-14(11)16)5-12(9-19)10-20/h5-8H,1-4H3. The van der Waals surface area contributed by atoms with Gasteiger partial charge in [0.2, 0.25) is 0 Å². The number of fused-ring (bicyclic) bond motifs is 1. The molecule has 0 saturated heterocycles. The van der Waals surface area contributed by atoms with Crippen LogP contribution in [0, 0.1) is 28.5 Å². The van der Waals surface area contributed by atoms with Crippen LogP contribution in [0.3, 0.4) is 0 Å². The molecule has 0 aromatic heterocycles. The van der Waals surface area contributed by atoms with Crippen LogP contribution < -0.4 is 4.90 Å². The fourth-order valence-electron chi connectivity index (χ4n) is 2.54. The van der Waals surface area contributed by atoms with Crippen LogP contribution in [0.4, 0.5) is 10.1 Å². The highest BCUT2D eigenvalue weighted by atomic mass is 19.1. The van der Waals surface area contributed by atoms with Gasteiger partial charge >= 0.3 is 0 Å². The van der Waals surface area contributed by atoms with E-state index < -0.39 is 5.82 Å². The number of halogens is 1. The molecule has 106 valence electrons. The third-order valence-corrected chi connectivity index (χ3v) is 3.88. The average molecular weight is 281 g/mol. The summed E-state index contributed by atoms with van der Waals surface area (Å²) in [6.45, 7) is 6.11. The minimum Gasteiger partial charge on any atom is -0.365 e. The molecule has 1 aromatic rings. The van der Waals surface area contributed by atoms with Gasteiger partial charge in [0.25, 0.3) is 0 Å². The highest BCUT2D eigenvalue weighted by molar-refractivity contribution is 5.83. The second-order valence-electron chi connectivity index (χ2n) is 5.71. The maximum absolute atomic E-state index is 14.3. The van der Waals surface area contributed by atoms with Crippen LogP contribution in [-0.4, -0.2) is 12.6 Å². The molecule has 1 aliphatic rings.